The van der Waals surface area contributed by atoms with Crippen molar-refractivity contribution in [1.82, 2.24) is 4.98 Å². The summed E-state index contributed by atoms with van der Waals surface area (Å²) in [6.07, 6.45) is 2.54. The highest BCUT2D eigenvalue weighted by atomic mass is 16.5. The van der Waals surface area contributed by atoms with Gasteiger partial charge in [0.25, 0.3) is 0 Å². The number of nitrogens with one attached hydrogen (secondary N) is 1. The van der Waals surface area contributed by atoms with Crippen molar-refractivity contribution in [2.75, 3.05) is 12.4 Å². The lowest BCUT2D eigenvalue weighted by atomic mass is 10.1. The Labute approximate surface area is 117 Å². The Balaban J connectivity index is 2.71. The molecule has 0 fully saturated rings. The van der Waals surface area contributed by atoms with Crippen molar-refractivity contribution in [3.63, 3.8) is 0 Å². The van der Waals surface area contributed by atoms with Crippen molar-refractivity contribution in [2.45, 2.75) is 25.9 Å². The third kappa shape index (κ3) is 5.62. The van der Waals surface area contributed by atoms with E-state index in [4.69, 9.17) is 9.84 Å². The van der Waals surface area contributed by atoms with Crippen LogP contribution in [0.1, 0.15) is 26.0 Å². The van der Waals surface area contributed by atoms with Gasteiger partial charge in [0.15, 0.2) is 0 Å². The lowest BCUT2D eigenvalue weighted by molar-refractivity contribution is -0.131. The molecule has 0 atom stereocenters. The molecule has 0 saturated heterocycles. The van der Waals surface area contributed by atoms with Gasteiger partial charge >= 0.3 is 5.97 Å². The third-order valence-electron chi connectivity index (χ3n) is 2.57. The van der Waals surface area contributed by atoms with Gasteiger partial charge in [-0.3, -0.25) is 4.79 Å². The lowest BCUT2D eigenvalue weighted by Gasteiger charge is -2.21. The Morgan fingerprint density at radius 2 is 2.15 bits per heavy atom. The summed E-state index contributed by atoms with van der Waals surface area (Å²) in [5.41, 5.74) is -0.0959. The first-order valence-electron chi connectivity index (χ1n) is 6.05. The molecule has 2 N–H and O–H groups in total. The molecule has 0 saturated carbocycles. The number of anilines is 1. The molecule has 0 unspecified atom stereocenters. The van der Waals surface area contributed by atoms with Gasteiger partial charge in [0, 0.05) is 13.2 Å². The first-order chi connectivity index (χ1) is 9.32. The molecule has 1 heterocycles. The Bertz CT molecular complexity index is 524. The second-order valence-corrected chi connectivity index (χ2v) is 4.81. The van der Waals surface area contributed by atoms with Crippen LogP contribution in [0.15, 0.2) is 24.3 Å². The number of ether oxygens (including phenoxy) is 1. The van der Waals surface area contributed by atoms with Crippen molar-refractivity contribution in [3.05, 3.63) is 30.0 Å². The summed E-state index contributed by atoms with van der Waals surface area (Å²) in [6, 6.07) is 4.97. The number of nitrogens with zero attached hydrogens (tertiary/aromatic N) is 1. The fourth-order valence-electron chi connectivity index (χ4n) is 1.42. The van der Waals surface area contributed by atoms with Gasteiger partial charge in [-0.05, 0) is 32.1 Å². The summed E-state index contributed by atoms with van der Waals surface area (Å²) in [5, 5.41) is 11.2. The summed E-state index contributed by atoms with van der Waals surface area (Å²) in [7, 11) is 1.54. The van der Waals surface area contributed by atoms with Crippen LogP contribution in [0.5, 0.6) is 0 Å². The molecule has 6 nitrogen and oxygen atoms in total. The van der Waals surface area contributed by atoms with E-state index < -0.39 is 11.6 Å². The molecule has 0 aliphatic rings. The smallest absolute Gasteiger partial charge is 0.328 e. The zero-order valence-corrected chi connectivity index (χ0v) is 11.7. The molecule has 1 amide bonds. The van der Waals surface area contributed by atoms with E-state index in [1.54, 1.807) is 25.3 Å². The van der Waals surface area contributed by atoms with E-state index in [-0.39, 0.29) is 12.3 Å². The maximum absolute atomic E-state index is 11.8. The maximum Gasteiger partial charge on any atom is 0.328 e. The quantitative estimate of drug-likeness (QED) is 0.776. The van der Waals surface area contributed by atoms with Crippen molar-refractivity contribution in [1.29, 1.82) is 0 Å². The van der Waals surface area contributed by atoms with Crippen LogP contribution < -0.4 is 5.32 Å². The molecule has 0 aliphatic heterocycles. The van der Waals surface area contributed by atoms with Crippen LogP contribution in [0.3, 0.4) is 0 Å². The average Bonchev–Trinajstić information content (AvgIpc) is 2.36. The van der Waals surface area contributed by atoms with E-state index in [1.807, 2.05) is 13.8 Å². The lowest BCUT2D eigenvalue weighted by Crippen LogP contribution is -2.29. The highest BCUT2D eigenvalue weighted by Crippen LogP contribution is 2.14. The summed E-state index contributed by atoms with van der Waals surface area (Å²) in [6.45, 7) is 3.62. The molecule has 108 valence electrons. The summed E-state index contributed by atoms with van der Waals surface area (Å²) < 4.78 is 5.18. The van der Waals surface area contributed by atoms with E-state index in [2.05, 4.69) is 10.3 Å². The molecular weight excluding hydrogens is 260 g/mol. The van der Waals surface area contributed by atoms with Crippen LogP contribution in [0.2, 0.25) is 0 Å². The minimum Gasteiger partial charge on any atom is -0.478 e. The third-order valence-corrected chi connectivity index (χ3v) is 2.57. The maximum atomic E-state index is 11.8. The number of carboxylic acids is 1. The molecule has 0 radical (unpaired) electrons. The number of hydrogen-bond donors (Lipinski definition) is 2. The largest absolute Gasteiger partial charge is 0.478 e. The van der Waals surface area contributed by atoms with Gasteiger partial charge in [-0.25, -0.2) is 9.78 Å². The SMILES string of the molecule is COC(C)(C)CC(=O)Nc1cccc(/C=C/C(=O)O)n1. The van der Waals surface area contributed by atoms with Crippen molar-refractivity contribution in [2.24, 2.45) is 0 Å². The van der Waals surface area contributed by atoms with E-state index in [1.165, 1.54) is 6.08 Å². The van der Waals surface area contributed by atoms with Gasteiger partial charge in [-0.2, -0.15) is 0 Å². The van der Waals surface area contributed by atoms with Gasteiger partial charge in [0.1, 0.15) is 5.82 Å². The summed E-state index contributed by atoms with van der Waals surface area (Å²) in [4.78, 5) is 26.4. The molecule has 0 spiro atoms. The van der Waals surface area contributed by atoms with Crippen LogP contribution in [0.4, 0.5) is 5.82 Å². The first kappa shape index (κ1) is 15.8. The molecule has 0 aromatic carbocycles. The Morgan fingerprint density at radius 3 is 2.75 bits per heavy atom. The Morgan fingerprint density at radius 1 is 1.45 bits per heavy atom. The first-order valence-corrected chi connectivity index (χ1v) is 6.05. The topological polar surface area (TPSA) is 88.5 Å². The normalized spacial score (nSPS) is 11.6. The van der Waals surface area contributed by atoms with Crippen molar-refractivity contribution < 1.29 is 19.4 Å². The molecule has 0 bridgehead atoms. The van der Waals surface area contributed by atoms with Gasteiger partial charge in [0.2, 0.25) is 5.91 Å². The molecular formula is C14H18N2O4. The fraction of sp³-hybridized carbons (Fsp3) is 0.357. The monoisotopic (exact) mass is 278 g/mol. The number of rotatable bonds is 6. The standard InChI is InChI=1S/C14H18N2O4/c1-14(2,20-3)9-12(17)16-11-6-4-5-10(15-11)7-8-13(18)19/h4-8H,9H2,1-3H3,(H,18,19)(H,15,16,17)/b8-7+. The Hall–Kier alpha value is -2.21. The van der Waals surface area contributed by atoms with Crippen LogP contribution in [-0.4, -0.2) is 34.7 Å². The number of aliphatic carboxylic acids is 1. The highest BCUT2D eigenvalue weighted by Gasteiger charge is 2.21. The number of carboxylic acid groups (broad SMARTS) is 1. The Kier molecular flexibility index (Phi) is 5.40. The number of aromatic nitrogens is 1. The van der Waals surface area contributed by atoms with Gasteiger partial charge < -0.3 is 15.2 Å². The van der Waals surface area contributed by atoms with Crippen LogP contribution in [-0.2, 0) is 14.3 Å². The number of carbonyl (C=O) groups is 2. The van der Waals surface area contributed by atoms with Crippen LogP contribution in [0, 0.1) is 0 Å². The molecule has 6 heteroatoms. The number of methoxy groups -OCH3 is 1. The minimum absolute atomic E-state index is 0.195. The molecule has 1 aromatic rings. The molecule has 20 heavy (non-hydrogen) atoms. The predicted molar refractivity (Wildman–Crippen MR) is 75.2 cm³/mol. The van der Waals surface area contributed by atoms with Crippen molar-refractivity contribution >= 4 is 23.8 Å². The average molecular weight is 278 g/mol. The van der Waals surface area contributed by atoms with Gasteiger partial charge in [-0.15, -0.1) is 0 Å². The van der Waals surface area contributed by atoms with Crippen LogP contribution in [0.25, 0.3) is 6.08 Å². The van der Waals surface area contributed by atoms with E-state index in [0.717, 1.165) is 6.08 Å². The summed E-state index contributed by atoms with van der Waals surface area (Å²) in [5.74, 6) is -0.902. The van der Waals surface area contributed by atoms with E-state index in [0.29, 0.717) is 11.5 Å². The number of hydrogen-bond acceptors (Lipinski definition) is 4. The second kappa shape index (κ2) is 6.81. The number of carbonyl (C=O) groups excluding carboxylic acids is 1. The van der Waals surface area contributed by atoms with E-state index >= 15 is 0 Å². The highest BCUT2D eigenvalue weighted by molar-refractivity contribution is 5.90. The fourth-order valence-corrected chi connectivity index (χ4v) is 1.42. The molecule has 1 rings (SSSR count). The molecule has 0 aliphatic carbocycles. The van der Waals surface area contributed by atoms with Crippen molar-refractivity contribution in [3.8, 4) is 0 Å². The number of amides is 1. The van der Waals surface area contributed by atoms with E-state index in [9.17, 15) is 9.59 Å². The molecule has 1 aromatic heterocycles. The zero-order valence-electron chi connectivity index (χ0n) is 11.7. The van der Waals surface area contributed by atoms with Gasteiger partial charge in [0.05, 0.1) is 17.7 Å². The predicted octanol–water partition coefficient (Wildman–Crippen LogP) is 1.93. The summed E-state index contributed by atoms with van der Waals surface area (Å²) >= 11 is 0. The number of pyridine rings is 1. The minimum atomic E-state index is -1.05. The van der Waals surface area contributed by atoms with Gasteiger partial charge in [-0.1, -0.05) is 6.07 Å². The zero-order chi connectivity index (χ0) is 15.2. The van der Waals surface area contributed by atoms with Crippen LogP contribution >= 0.6 is 0 Å². The second-order valence-electron chi connectivity index (χ2n) is 4.81.